The lowest BCUT2D eigenvalue weighted by atomic mass is 9.79. The molecule has 21 heavy (non-hydrogen) atoms. The van der Waals surface area contributed by atoms with Crippen LogP contribution in [0.1, 0.15) is 44.2 Å². The second-order valence-electron chi connectivity index (χ2n) is 6.32. The zero-order valence-corrected chi connectivity index (χ0v) is 13.6. The maximum atomic E-state index is 12.3. The number of sulfonamides is 1. The van der Waals surface area contributed by atoms with Gasteiger partial charge in [-0.1, -0.05) is 38.1 Å². The lowest BCUT2D eigenvalue weighted by Crippen LogP contribution is -2.40. The third-order valence-corrected chi connectivity index (χ3v) is 5.88. The lowest BCUT2D eigenvalue weighted by molar-refractivity contribution is 0.242. The summed E-state index contributed by atoms with van der Waals surface area (Å²) >= 11 is 0. The predicted molar refractivity (Wildman–Crippen MR) is 84.1 cm³/mol. The van der Waals surface area contributed by atoms with Gasteiger partial charge >= 0.3 is 0 Å². The smallest absolute Gasteiger partial charge is 0.216 e. The fraction of sp³-hybridized carbons (Fsp3) is 0.625. The molecule has 0 saturated heterocycles. The summed E-state index contributed by atoms with van der Waals surface area (Å²) in [5.74, 6) is 1.21. The Labute approximate surface area is 127 Å². The van der Waals surface area contributed by atoms with Crippen LogP contribution in [0.15, 0.2) is 24.3 Å². The zero-order valence-electron chi connectivity index (χ0n) is 12.7. The molecule has 3 atom stereocenters. The van der Waals surface area contributed by atoms with E-state index in [9.17, 15) is 8.42 Å². The number of hydrogen-bond acceptors (Lipinski definition) is 3. The van der Waals surface area contributed by atoms with Gasteiger partial charge in [0.1, 0.15) is 0 Å². The molecule has 0 aliphatic heterocycles. The molecule has 0 aromatic heterocycles. The molecule has 1 fully saturated rings. The first-order chi connectivity index (χ1) is 9.89. The second kappa shape index (κ2) is 6.90. The molecule has 0 radical (unpaired) electrons. The molecule has 2 N–H and O–H groups in total. The Morgan fingerprint density at radius 3 is 2.57 bits per heavy atom. The monoisotopic (exact) mass is 311 g/mol. The van der Waals surface area contributed by atoms with Crippen molar-refractivity contribution in [1.29, 1.82) is 0 Å². The lowest BCUT2D eigenvalue weighted by Gasteiger charge is -2.32. The molecule has 1 aromatic rings. The van der Waals surface area contributed by atoms with Gasteiger partial charge in [0.15, 0.2) is 0 Å². The van der Waals surface area contributed by atoms with E-state index in [1.54, 1.807) is 24.3 Å². The van der Waals surface area contributed by atoms with Crippen LogP contribution >= 0.6 is 0 Å². The topological polar surface area (TPSA) is 66.4 Å². The number of nitrogens with one attached hydrogen (secondary N) is 1. The molecule has 118 valence electrons. The van der Waals surface area contributed by atoms with E-state index >= 15 is 0 Å². The van der Waals surface area contributed by atoms with Crippen molar-refractivity contribution in [2.45, 2.75) is 51.5 Å². The molecular formula is C16H25NO3S. The van der Waals surface area contributed by atoms with Gasteiger partial charge in [0, 0.05) is 6.04 Å². The average Bonchev–Trinajstić information content (AvgIpc) is 2.42. The van der Waals surface area contributed by atoms with E-state index in [0.29, 0.717) is 17.4 Å². The Hall–Kier alpha value is -0.910. The summed E-state index contributed by atoms with van der Waals surface area (Å²) in [7, 11) is -3.33. The minimum atomic E-state index is -3.33. The Morgan fingerprint density at radius 2 is 1.90 bits per heavy atom. The van der Waals surface area contributed by atoms with E-state index < -0.39 is 10.0 Å². The number of benzene rings is 1. The summed E-state index contributed by atoms with van der Waals surface area (Å²) in [6.07, 6.45) is 2.91. The van der Waals surface area contributed by atoms with Crippen LogP contribution in [0.25, 0.3) is 0 Å². The van der Waals surface area contributed by atoms with Gasteiger partial charge in [-0.2, -0.15) is 0 Å². The van der Waals surface area contributed by atoms with Crippen LogP contribution in [-0.4, -0.2) is 19.6 Å². The van der Waals surface area contributed by atoms with Crippen molar-refractivity contribution in [2.24, 2.45) is 11.8 Å². The molecule has 0 amide bonds. The fourth-order valence-electron chi connectivity index (χ4n) is 2.99. The summed E-state index contributed by atoms with van der Waals surface area (Å²) in [5.41, 5.74) is 1.45. The second-order valence-corrected chi connectivity index (χ2v) is 8.07. The third-order valence-electron chi connectivity index (χ3n) is 4.48. The van der Waals surface area contributed by atoms with Crippen LogP contribution in [0.5, 0.6) is 0 Å². The van der Waals surface area contributed by atoms with Crippen molar-refractivity contribution in [1.82, 2.24) is 4.72 Å². The Balaban J connectivity index is 1.98. The number of aliphatic hydroxyl groups is 1. The van der Waals surface area contributed by atoms with Crippen molar-refractivity contribution < 1.29 is 13.5 Å². The number of aliphatic hydroxyl groups excluding tert-OH is 1. The molecule has 0 spiro atoms. The molecule has 1 aromatic carbocycles. The van der Waals surface area contributed by atoms with Gasteiger partial charge in [-0.25, -0.2) is 13.1 Å². The molecule has 0 heterocycles. The quantitative estimate of drug-likeness (QED) is 0.877. The van der Waals surface area contributed by atoms with Gasteiger partial charge in [-0.3, -0.25) is 0 Å². The number of rotatable bonds is 5. The normalized spacial score (nSPS) is 26.7. The summed E-state index contributed by atoms with van der Waals surface area (Å²) in [6.45, 7) is 4.35. The first-order valence-corrected chi connectivity index (χ1v) is 9.23. The molecule has 3 unspecified atom stereocenters. The SMILES string of the molecule is CC1CCC(NS(=O)(=O)Cc2cccc(CO)c2)CC1C. The van der Waals surface area contributed by atoms with Gasteiger partial charge in [0.25, 0.3) is 0 Å². The van der Waals surface area contributed by atoms with Crippen LogP contribution in [0.2, 0.25) is 0 Å². The maximum Gasteiger partial charge on any atom is 0.216 e. The highest BCUT2D eigenvalue weighted by molar-refractivity contribution is 7.88. The van der Waals surface area contributed by atoms with Crippen LogP contribution in [-0.2, 0) is 22.4 Å². The van der Waals surface area contributed by atoms with Gasteiger partial charge in [0.05, 0.1) is 12.4 Å². The molecule has 1 aliphatic rings. The molecule has 0 bridgehead atoms. The Bertz CT molecular complexity index is 571. The molecule has 5 heteroatoms. The third kappa shape index (κ3) is 4.80. The minimum absolute atomic E-state index is 0.0265. The van der Waals surface area contributed by atoms with Gasteiger partial charge in [-0.05, 0) is 42.2 Å². The fourth-order valence-corrected chi connectivity index (χ4v) is 4.41. The molecule has 1 aliphatic carbocycles. The van der Waals surface area contributed by atoms with Crippen LogP contribution in [0.4, 0.5) is 0 Å². The largest absolute Gasteiger partial charge is 0.392 e. The van der Waals surface area contributed by atoms with E-state index in [1.807, 2.05) is 0 Å². The first-order valence-electron chi connectivity index (χ1n) is 7.58. The van der Waals surface area contributed by atoms with E-state index in [2.05, 4.69) is 18.6 Å². The highest BCUT2D eigenvalue weighted by atomic mass is 32.2. The van der Waals surface area contributed by atoms with E-state index in [-0.39, 0.29) is 18.4 Å². The highest BCUT2D eigenvalue weighted by Gasteiger charge is 2.27. The summed E-state index contributed by atoms with van der Waals surface area (Å²) in [5, 5.41) is 9.11. The van der Waals surface area contributed by atoms with Crippen molar-refractivity contribution in [3.05, 3.63) is 35.4 Å². The van der Waals surface area contributed by atoms with Gasteiger partial charge < -0.3 is 5.11 Å². The molecule has 1 saturated carbocycles. The summed E-state index contributed by atoms with van der Waals surface area (Å²) < 4.78 is 27.4. The van der Waals surface area contributed by atoms with Crippen LogP contribution in [0, 0.1) is 11.8 Å². The van der Waals surface area contributed by atoms with Crippen LogP contribution < -0.4 is 4.72 Å². The van der Waals surface area contributed by atoms with Gasteiger partial charge in [-0.15, -0.1) is 0 Å². The van der Waals surface area contributed by atoms with Crippen LogP contribution in [0.3, 0.4) is 0 Å². The number of hydrogen-bond donors (Lipinski definition) is 2. The highest BCUT2D eigenvalue weighted by Crippen LogP contribution is 2.29. The van der Waals surface area contributed by atoms with Gasteiger partial charge in [0.2, 0.25) is 10.0 Å². The van der Waals surface area contributed by atoms with E-state index in [4.69, 9.17) is 5.11 Å². The van der Waals surface area contributed by atoms with E-state index in [1.165, 1.54) is 0 Å². The molecule has 4 nitrogen and oxygen atoms in total. The van der Waals surface area contributed by atoms with Crippen molar-refractivity contribution in [3.63, 3.8) is 0 Å². The first kappa shape index (κ1) is 16.5. The summed E-state index contributed by atoms with van der Waals surface area (Å²) in [4.78, 5) is 0. The minimum Gasteiger partial charge on any atom is -0.392 e. The maximum absolute atomic E-state index is 12.3. The van der Waals surface area contributed by atoms with E-state index in [0.717, 1.165) is 24.8 Å². The zero-order chi connectivity index (χ0) is 15.5. The Kier molecular flexibility index (Phi) is 5.41. The van der Waals surface area contributed by atoms with Crippen molar-refractivity contribution >= 4 is 10.0 Å². The average molecular weight is 311 g/mol. The molecule has 2 rings (SSSR count). The molecular weight excluding hydrogens is 286 g/mol. The van der Waals surface area contributed by atoms with Crippen molar-refractivity contribution in [2.75, 3.05) is 0 Å². The summed E-state index contributed by atoms with van der Waals surface area (Å²) in [6, 6.07) is 7.14. The standard InChI is InChI=1S/C16H25NO3S/c1-12-6-7-16(8-13(12)2)17-21(19,20)11-15-5-3-4-14(9-15)10-18/h3-5,9,12-13,16-18H,6-8,10-11H2,1-2H3. The predicted octanol–water partition coefficient (Wildman–Crippen LogP) is 2.42. The van der Waals surface area contributed by atoms with Crippen molar-refractivity contribution in [3.8, 4) is 0 Å². The Morgan fingerprint density at radius 1 is 1.19 bits per heavy atom.